The number of alkyl halides is 3. The number of fused-ring (bicyclic) bond motifs is 1. The van der Waals surface area contributed by atoms with Gasteiger partial charge < -0.3 is 10.1 Å². The van der Waals surface area contributed by atoms with Crippen LogP contribution < -0.4 is 5.32 Å². The largest absolute Gasteiger partial charge is 0.435 e. The summed E-state index contributed by atoms with van der Waals surface area (Å²) >= 11 is 1.46. The standard InChI is InChI=1S/C16H13F3N4O2S/c17-16(18,19)12-5-6-23(22-12)7-13(24)21-15(8-25-9-15)14-20-10-3-1-2-4-11(10)26-14/h1-6H,7-9H2,(H,21,24). The Bertz CT molecular complexity index is 929. The zero-order valence-corrected chi connectivity index (χ0v) is 14.1. The highest BCUT2D eigenvalue weighted by atomic mass is 32.1. The van der Waals surface area contributed by atoms with E-state index in [0.29, 0.717) is 0 Å². The second kappa shape index (κ2) is 6.06. The zero-order chi connectivity index (χ0) is 18.4. The van der Waals surface area contributed by atoms with Crippen molar-refractivity contribution in [3.63, 3.8) is 0 Å². The van der Waals surface area contributed by atoms with Crippen LogP contribution in [0.15, 0.2) is 36.5 Å². The molecule has 0 spiro atoms. The number of thiazole rings is 1. The summed E-state index contributed by atoms with van der Waals surface area (Å²) < 4.78 is 45.0. The Labute approximate surface area is 149 Å². The van der Waals surface area contributed by atoms with Gasteiger partial charge in [-0.05, 0) is 18.2 Å². The van der Waals surface area contributed by atoms with E-state index >= 15 is 0 Å². The molecular formula is C16H13F3N4O2S. The third-order valence-corrected chi connectivity index (χ3v) is 5.26. The molecule has 0 atom stereocenters. The number of hydrogen-bond acceptors (Lipinski definition) is 5. The minimum absolute atomic E-state index is 0.269. The fourth-order valence-electron chi connectivity index (χ4n) is 2.69. The molecule has 0 saturated carbocycles. The lowest BCUT2D eigenvalue weighted by Crippen LogP contribution is -2.59. The summed E-state index contributed by atoms with van der Waals surface area (Å²) in [6.07, 6.45) is -3.41. The molecule has 26 heavy (non-hydrogen) atoms. The molecule has 0 aliphatic carbocycles. The predicted octanol–water partition coefficient (Wildman–Crippen LogP) is 2.55. The van der Waals surface area contributed by atoms with E-state index in [9.17, 15) is 18.0 Å². The summed E-state index contributed by atoms with van der Waals surface area (Å²) in [6.45, 7) is 0.222. The van der Waals surface area contributed by atoms with Crippen LogP contribution >= 0.6 is 11.3 Å². The molecule has 2 aromatic heterocycles. The zero-order valence-electron chi connectivity index (χ0n) is 13.3. The Hall–Kier alpha value is -2.46. The fraction of sp³-hybridized carbons (Fsp3) is 0.312. The average Bonchev–Trinajstić information content (AvgIpc) is 3.16. The first-order valence-electron chi connectivity index (χ1n) is 7.71. The molecule has 1 N–H and O–H groups in total. The first kappa shape index (κ1) is 17.0. The van der Waals surface area contributed by atoms with E-state index in [0.717, 1.165) is 32.2 Å². The minimum atomic E-state index is -4.54. The van der Waals surface area contributed by atoms with Crippen LogP contribution in [-0.4, -0.2) is 33.9 Å². The Morgan fingerprint density at radius 2 is 2.08 bits per heavy atom. The van der Waals surface area contributed by atoms with Gasteiger partial charge in [0.05, 0.1) is 23.4 Å². The molecule has 1 aromatic carbocycles. The van der Waals surface area contributed by atoms with Crippen LogP contribution in [0.5, 0.6) is 0 Å². The van der Waals surface area contributed by atoms with Crippen LogP contribution in [0, 0.1) is 0 Å². The molecular weight excluding hydrogens is 369 g/mol. The predicted molar refractivity (Wildman–Crippen MR) is 87.5 cm³/mol. The lowest BCUT2D eigenvalue weighted by atomic mass is 9.98. The number of ether oxygens (including phenoxy) is 1. The van der Waals surface area contributed by atoms with Gasteiger partial charge in [0.1, 0.15) is 17.1 Å². The quantitative estimate of drug-likeness (QED) is 0.753. The maximum absolute atomic E-state index is 12.6. The number of nitrogens with one attached hydrogen (secondary N) is 1. The molecule has 3 aromatic rings. The van der Waals surface area contributed by atoms with Crippen LogP contribution in [-0.2, 0) is 27.8 Å². The normalized spacial score (nSPS) is 16.4. The number of rotatable bonds is 4. The monoisotopic (exact) mass is 382 g/mol. The summed E-state index contributed by atoms with van der Waals surface area (Å²) in [5.41, 5.74) is -0.950. The first-order chi connectivity index (χ1) is 12.4. The Kier molecular flexibility index (Phi) is 3.96. The third-order valence-electron chi connectivity index (χ3n) is 4.02. The Balaban J connectivity index is 1.51. The van der Waals surface area contributed by atoms with Gasteiger partial charge in [-0.1, -0.05) is 12.1 Å². The van der Waals surface area contributed by atoms with Crippen LogP contribution in [0.25, 0.3) is 10.2 Å². The van der Waals surface area contributed by atoms with Gasteiger partial charge in [-0.15, -0.1) is 11.3 Å². The second-order valence-electron chi connectivity index (χ2n) is 6.01. The Morgan fingerprint density at radius 1 is 1.31 bits per heavy atom. The highest BCUT2D eigenvalue weighted by molar-refractivity contribution is 7.18. The summed E-state index contributed by atoms with van der Waals surface area (Å²) in [6, 6.07) is 8.44. The number of para-hydroxylation sites is 1. The van der Waals surface area contributed by atoms with Crippen molar-refractivity contribution in [2.24, 2.45) is 0 Å². The number of benzene rings is 1. The molecule has 136 valence electrons. The summed E-state index contributed by atoms with van der Waals surface area (Å²) in [5.74, 6) is -0.454. The van der Waals surface area contributed by atoms with Gasteiger partial charge in [0, 0.05) is 6.20 Å². The van der Waals surface area contributed by atoms with Crippen LogP contribution in [0.3, 0.4) is 0 Å². The number of carbonyl (C=O) groups excluding carboxylic acids is 1. The molecule has 0 bridgehead atoms. The van der Waals surface area contributed by atoms with Crippen LogP contribution in [0.1, 0.15) is 10.7 Å². The van der Waals surface area contributed by atoms with Crippen molar-refractivity contribution in [3.8, 4) is 0 Å². The van der Waals surface area contributed by atoms with E-state index in [-0.39, 0.29) is 19.8 Å². The summed E-state index contributed by atoms with van der Waals surface area (Å²) in [7, 11) is 0. The van der Waals surface area contributed by atoms with Crippen molar-refractivity contribution in [2.45, 2.75) is 18.3 Å². The van der Waals surface area contributed by atoms with E-state index in [1.54, 1.807) is 0 Å². The molecule has 1 aliphatic rings. The van der Waals surface area contributed by atoms with Gasteiger partial charge in [-0.25, -0.2) is 4.98 Å². The molecule has 0 unspecified atom stereocenters. The van der Waals surface area contributed by atoms with E-state index in [1.807, 2.05) is 24.3 Å². The van der Waals surface area contributed by atoms with Crippen molar-refractivity contribution in [1.29, 1.82) is 0 Å². The molecule has 10 heteroatoms. The van der Waals surface area contributed by atoms with Gasteiger partial charge in [0.25, 0.3) is 0 Å². The lowest BCUT2D eigenvalue weighted by Gasteiger charge is -2.40. The smallest absolute Gasteiger partial charge is 0.375 e. The molecule has 1 fully saturated rings. The lowest BCUT2D eigenvalue weighted by molar-refractivity contribution is -0.142. The third kappa shape index (κ3) is 3.06. The summed E-state index contributed by atoms with van der Waals surface area (Å²) in [5, 5.41) is 6.95. The van der Waals surface area contributed by atoms with Crippen LogP contribution in [0.4, 0.5) is 13.2 Å². The first-order valence-corrected chi connectivity index (χ1v) is 8.53. The van der Waals surface area contributed by atoms with E-state index in [4.69, 9.17) is 4.74 Å². The van der Waals surface area contributed by atoms with Crippen molar-refractivity contribution >= 4 is 27.5 Å². The molecule has 4 rings (SSSR count). The van der Waals surface area contributed by atoms with Gasteiger partial charge in [0.2, 0.25) is 5.91 Å². The van der Waals surface area contributed by atoms with E-state index < -0.39 is 23.3 Å². The van der Waals surface area contributed by atoms with Crippen molar-refractivity contribution in [1.82, 2.24) is 20.1 Å². The maximum atomic E-state index is 12.6. The van der Waals surface area contributed by atoms with Crippen molar-refractivity contribution in [2.75, 3.05) is 13.2 Å². The highest BCUT2D eigenvalue weighted by Gasteiger charge is 2.44. The van der Waals surface area contributed by atoms with Crippen LogP contribution in [0.2, 0.25) is 0 Å². The number of aromatic nitrogens is 3. The number of hydrogen-bond donors (Lipinski definition) is 1. The SMILES string of the molecule is O=C(Cn1ccc(C(F)(F)F)n1)NC1(c2nc3ccccc3s2)COC1. The number of nitrogens with zero attached hydrogens (tertiary/aromatic N) is 3. The van der Waals surface area contributed by atoms with E-state index in [2.05, 4.69) is 15.4 Å². The molecule has 6 nitrogen and oxygen atoms in total. The van der Waals surface area contributed by atoms with Gasteiger partial charge in [0.15, 0.2) is 5.69 Å². The molecule has 1 amide bonds. The molecule has 1 saturated heterocycles. The topological polar surface area (TPSA) is 69.0 Å². The fourth-order valence-corrected chi connectivity index (χ4v) is 3.77. The van der Waals surface area contributed by atoms with Gasteiger partial charge in [-0.3, -0.25) is 9.48 Å². The second-order valence-corrected chi connectivity index (χ2v) is 7.04. The average molecular weight is 382 g/mol. The number of carbonyl (C=O) groups is 1. The van der Waals surface area contributed by atoms with E-state index in [1.165, 1.54) is 11.3 Å². The molecule has 1 aliphatic heterocycles. The van der Waals surface area contributed by atoms with Crippen molar-refractivity contribution < 1.29 is 22.7 Å². The molecule has 3 heterocycles. The summed E-state index contributed by atoms with van der Waals surface area (Å²) in [4.78, 5) is 16.9. The minimum Gasteiger partial charge on any atom is -0.375 e. The maximum Gasteiger partial charge on any atom is 0.435 e. The number of halogens is 3. The molecule has 0 radical (unpaired) electrons. The number of amides is 1. The highest BCUT2D eigenvalue weighted by Crippen LogP contribution is 2.35. The van der Waals surface area contributed by atoms with Gasteiger partial charge >= 0.3 is 6.18 Å². The Morgan fingerprint density at radius 3 is 2.69 bits per heavy atom. The van der Waals surface area contributed by atoms with Crippen molar-refractivity contribution in [3.05, 3.63) is 47.2 Å². The van der Waals surface area contributed by atoms with Gasteiger partial charge in [-0.2, -0.15) is 18.3 Å².